The number of hydrogen-bond donors (Lipinski definition) is 1. The molecule has 0 bridgehead atoms. The Labute approximate surface area is 102 Å². The lowest BCUT2D eigenvalue weighted by Gasteiger charge is -2.24. The molecule has 1 aliphatic rings. The van der Waals surface area contributed by atoms with Gasteiger partial charge in [-0.1, -0.05) is 6.07 Å². The van der Waals surface area contributed by atoms with Crippen molar-refractivity contribution in [2.75, 3.05) is 19.8 Å². The van der Waals surface area contributed by atoms with Crippen LogP contribution in [0.3, 0.4) is 0 Å². The van der Waals surface area contributed by atoms with Crippen molar-refractivity contribution in [3.8, 4) is 0 Å². The van der Waals surface area contributed by atoms with E-state index in [0.717, 1.165) is 32.1 Å². The van der Waals surface area contributed by atoms with E-state index in [2.05, 4.69) is 29.8 Å². The van der Waals surface area contributed by atoms with E-state index in [0.29, 0.717) is 6.04 Å². The first-order valence-electron chi connectivity index (χ1n) is 6.18. The number of nitrogens with one attached hydrogen (secondary N) is 1. The summed E-state index contributed by atoms with van der Waals surface area (Å²) in [6.45, 7) is 5.27. The standard InChI is InChI=1S/C13H21NOS/c1-11(8-13-5-3-7-16-13)14-9-12-4-2-6-15-10-12/h3,5,7,11-12,14H,2,4,6,8-10H2,1H3. The average molecular weight is 239 g/mol. The Balaban J connectivity index is 1.65. The second-order valence-corrected chi connectivity index (χ2v) is 5.71. The van der Waals surface area contributed by atoms with E-state index in [9.17, 15) is 0 Å². The smallest absolute Gasteiger partial charge is 0.0506 e. The van der Waals surface area contributed by atoms with Gasteiger partial charge in [-0.25, -0.2) is 0 Å². The third-order valence-corrected chi connectivity index (χ3v) is 4.00. The molecule has 0 radical (unpaired) electrons. The van der Waals surface area contributed by atoms with E-state index in [1.807, 2.05) is 11.3 Å². The molecule has 16 heavy (non-hydrogen) atoms. The lowest BCUT2D eigenvalue weighted by molar-refractivity contribution is 0.0540. The van der Waals surface area contributed by atoms with Gasteiger partial charge in [0.2, 0.25) is 0 Å². The van der Waals surface area contributed by atoms with Crippen molar-refractivity contribution in [3.63, 3.8) is 0 Å². The van der Waals surface area contributed by atoms with E-state index >= 15 is 0 Å². The van der Waals surface area contributed by atoms with Gasteiger partial charge in [-0.15, -0.1) is 11.3 Å². The van der Waals surface area contributed by atoms with Crippen LogP contribution < -0.4 is 5.32 Å². The van der Waals surface area contributed by atoms with Gasteiger partial charge in [0, 0.05) is 24.1 Å². The van der Waals surface area contributed by atoms with E-state index in [-0.39, 0.29) is 0 Å². The van der Waals surface area contributed by atoms with Crippen LogP contribution in [0, 0.1) is 5.92 Å². The summed E-state index contributed by atoms with van der Waals surface area (Å²) in [6, 6.07) is 4.91. The SMILES string of the molecule is CC(Cc1cccs1)NCC1CCCOC1. The summed E-state index contributed by atoms with van der Waals surface area (Å²) in [5.74, 6) is 0.722. The first-order chi connectivity index (χ1) is 7.84. The average Bonchev–Trinajstić information content (AvgIpc) is 2.81. The normalized spacial score (nSPS) is 23.2. The first kappa shape index (κ1) is 12.1. The second-order valence-electron chi connectivity index (χ2n) is 4.68. The van der Waals surface area contributed by atoms with Crippen LogP contribution in [0.1, 0.15) is 24.6 Å². The molecule has 2 heterocycles. The van der Waals surface area contributed by atoms with Gasteiger partial charge < -0.3 is 10.1 Å². The van der Waals surface area contributed by atoms with Crippen LogP contribution in [-0.2, 0) is 11.2 Å². The minimum absolute atomic E-state index is 0.570. The fraction of sp³-hybridized carbons (Fsp3) is 0.692. The van der Waals surface area contributed by atoms with Crippen molar-refractivity contribution in [2.24, 2.45) is 5.92 Å². The highest BCUT2D eigenvalue weighted by molar-refractivity contribution is 7.09. The highest BCUT2D eigenvalue weighted by Crippen LogP contribution is 2.14. The Kier molecular flexibility index (Phi) is 4.82. The summed E-state index contributed by atoms with van der Waals surface area (Å²) < 4.78 is 5.48. The summed E-state index contributed by atoms with van der Waals surface area (Å²) >= 11 is 1.85. The van der Waals surface area contributed by atoms with Crippen LogP contribution in [0.25, 0.3) is 0 Å². The fourth-order valence-electron chi connectivity index (χ4n) is 2.14. The number of thiophene rings is 1. The zero-order valence-corrected chi connectivity index (χ0v) is 10.8. The quantitative estimate of drug-likeness (QED) is 0.853. The van der Waals surface area contributed by atoms with Crippen LogP contribution in [0.4, 0.5) is 0 Å². The topological polar surface area (TPSA) is 21.3 Å². The van der Waals surface area contributed by atoms with Gasteiger partial charge in [-0.3, -0.25) is 0 Å². The highest BCUT2D eigenvalue weighted by atomic mass is 32.1. The predicted molar refractivity (Wildman–Crippen MR) is 69.0 cm³/mol. The molecule has 2 atom stereocenters. The largest absolute Gasteiger partial charge is 0.381 e. The lowest BCUT2D eigenvalue weighted by Crippen LogP contribution is -2.35. The molecule has 1 saturated heterocycles. The first-order valence-corrected chi connectivity index (χ1v) is 7.06. The minimum Gasteiger partial charge on any atom is -0.381 e. The molecule has 1 aromatic rings. The van der Waals surface area contributed by atoms with E-state index < -0.39 is 0 Å². The maximum Gasteiger partial charge on any atom is 0.0506 e. The molecule has 90 valence electrons. The number of ether oxygens (including phenoxy) is 1. The molecular formula is C13H21NOS. The van der Waals surface area contributed by atoms with Crippen molar-refractivity contribution in [3.05, 3.63) is 22.4 Å². The van der Waals surface area contributed by atoms with Crippen LogP contribution in [0.15, 0.2) is 17.5 Å². The van der Waals surface area contributed by atoms with Gasteiger partial charge in [0.05, 0.1) is 6.61 Å². The molecule has 2 rings (SSSR count). The van der Waals surface area contributed by atoms with Crippen molar-refractivity contribution in [1.82, 2.24) is 5.32 Å². The molecule has 3 heteroatoms. The van der Waals surface area contributed by atoms with Gasteiger partial charge in [-0.2, -0.15) is 0 Å². The lowest BCUT2D eigenvalue weighted by atomic mass is 10.0. The molecule has 0 amide bonds. The van der Waals surface area contributed by atoms with Crippen LogP contribution in [0.2, 0.25) is 0 Å². The third-order valence-electron chi connectivity index (χ3n) is 3.10. The van der Waals surface area contributed by atoms with E-state index in [1.54, 1.807) is 0 Å². The van der Waals surface area contributed by atoms with E-state index in [4.69, 9.17) is 4.74 Å². The molecule has 2 nitrogen and oxygen atoms in total. The summed E-state index contributed by atoms with van der Waals surface area (Å²) in [4.78, 5) is 1.47. The van der Waals surface area contributed by atoms with Gasteiger partial charge in [0.1, 0.15) is 0 Å². The summed E-state index contributed by atoms with van der Waals surface area (Å²) in [5.41, 5.74) is 0. The Morgan fingerprint density at radius 2 is 2.56 bits per heavy atom. The molecule has 0 aromatic carbocycles. The number of rotatable bonds is 5. The predicted octanol–water partition coefficient (Wildman–Crippen LogP) is 2.70. The van der Waals surface area contributed by atoms with Crippen LogP contribution in [0.5, 0.6) is 0 Å². The fourth-order valence-corrected chi connectivity index (χ4v) is 2.97. The van der Waals surface area contributed by atoms with Crippen molar-refractivity contribution in [1.29, 1.82) is 0 Å². The molecule has 0 spiro atoms. The Morgan fingerprint density at radius 1 is 1.62 bits per heavy atom. The van der Waals surface area contributed by atoms with Gasteiger partial charge in [0.25, 0.3) is 0 Å². The highest BCUT2D eigenvalue weighted by Gasteiger charge is 2.14. The van der Waals surface area contributed by atoms with Gasteiger partial charge in [-0.05, 0) is 43.6 Å². The monoisotopic (exact) mass is 239 g/mol. The van der Waals surface area contributed by atoms with Crippen molar-refractivity contribution < 1.29 is 4.74 Å². The maximum absolute atomic E-state index is 5.48. The zero-order chi connectivity index (χ0) is 11.2. The summed E-state index contributed by atoms with van der Waals surface area (Å²) in [5, 5.41) is 5.77. The Hall–Kier alpha value is -0.380. The summed E-state index contributed by atoms with van der Waals surface area (Å²) in [6.07, 6.45) is 3.69. The Morgan fingerprint density at radius 3 is 3.25 bits per heavy atom. The molecule has 0 aliphatic carbocycles. The molecule has 1 fully saturated rings. The van der Waals surface area contributed by atoms with Crippen LogP contribution in [-0.4, -0.2) is 25.8 Å². The summed E-state index contributed by atoms with van der Waals surface area (Å²) in [7, 11) is 0. The zero-order valence-electron chi connectivity index (χ0n) is 9.95. The molecule has 1 aromatic heterocycles. The van der Waals surface area contributed by atoms with E-state index in [1.165, 1.54) is 17.7 Å². The maximum atomic E-state index is 5.48. The number of hydrogen-bond acceptors (Lipinski definition) is 3. The molecular weight excluding hydrogens is 218 g/mol. The molecule has 2 unspecified atom stereocenters. The van der Waals surface area contributed by atoms with Crippen molar-refractivity contribution in [2.45, 2.75) is 32.2 Å². The third kappa shape index (κ3) is 3.89. The van der Waals surface area contributed by atoms with Crippen LogP contribution >= 0.6 is 11.3 Å². The molecule has 1 N–H and O–H groups in total. The van der Waals surface area contributed by atoms with Gasteiger partial charge in [0.15, 0.2) is 0 Å². The van der Waals surface area contributed by atoms with Crippen molar-refractivity contribution >= 4 is 11.3 Å². The molecule has 1 aliphatic heterocycles. The van der Waals surface area contributed by atoms with Gasteiger partial charge >= 0.3 is 0 Å². The second kappa shape index (κ2) is 6.38. The minimum atomic E-state index is 0.570. The Bertz CT molecular complexity index is 280. The molecule has 0 saturated carbocycles.